The summed E-state index contributed by atoms with van der Waals surface area (Å²) < 4.78 is 0. The fraction of sp³-hybridized carbons (Fsp3) is 1.00. The molecule has 1 saturated carbocycles. The minimum atomic E-state index is 0.858. The molecule has 0 radical (unpaired) electrons. The first kappa shape index (κ1) is 12.0. The van der Waals surface area contributed by atoms with Gasteiger partial charge in [0, 0.05) is 0 Å². The minimum Gasteiger partial charge on any atom is -0.342 e. The third-order valence-corrected chi connectivity index (χ3v) is 3.44. The Kier molecular flexibility index (Phi) is 5.54. The molecular weight excluding hydrogens is 170 g/mol. The molecule has 0 aromatic heterocycles. The van der Waals surface area contributed by atoms with Crippen LogP contribution in [0.5, 0.6) is 0 Å². The number of nitrogens with two attached hydrogens (primary N) is 1. The summed E-state index contributed by atoms with van der Waals surface area (Å²) >= 11 is 0. The lowest BCUT2D eigenvalue weighted by Crippen LogP contribution is -2.93. The SMILES string of the molecule is CC(C)CCC[C@@H](C)[NH2+]C1CCCC1. The van der Waals surface area contributed by atoms with Crippen molar-refractivity contribution in [1.29, 1.82) is 0 Å². The van der Waals surface area contributed by atoms with Crippen LogP contribution in [-0.2, 0) is 0 Å². The van der Waals surface area contributed by atoms with Crippen LogP contribution in [0.4, 0.5) is 0 Å². The molecule has 14 heavy (non-hydrogen) atoms. The highest BCUT2D eigenvalue weighted by atomic mass is 14.9. The molecule has 84 valence electrons. The molecule has 0 heterocycles. The van der Waals surface area contributed by atoms with E-state index in [9.17, 15) is 0 Å². The van der Waals surface area contributed by atoms with Gasteiger partial charge < -0.3 is 5.32 Å². The minimum absolute atomic E-state index is 0.858. The maximum atomic E-state index is 2.63. The Labute approximate surface area is 89.7 Å². The van der Waals surface area contributed by atoms with Gasteiger partial charge in [-0.2, -0.15) is 0 Å². The van der Waals surface area contributed by atoms with Gasteiger partial charge in [-0.05, 0) is 51.4 Å². The van der Waals surface area contributed by atoms with E-state index in [1.807, 2.05) is 0 Å². The molecule has 2 N–H and O–H groups in total. The summed E-state index contributed by atoms with van der Waals surface area (Å²) in [5.41, 5.74) is 0. The first-order chi connectivity index (χ1) is 6.68. The van der Waals surface area contributed by atoms with Crippen molar-refractivity contribution in [3.63, 3.8) is 0 Å². The maximum Gasteiger partial charge on any atom is 0.0861 e. The van der Waals surface area contributed by atoms with Crippen molar-refractivity contribution in [2.45, 2.75) is 77.8 Å². The van der Waals surface area contributed by atoms with E-state index in [1.165, 1.54) is 44.9 Å². The molecule has 0 aliphatic heterocycles. The van der Waals surface area contributed by atoms with E-state index in [1.54, 1.807) is 0 Å². The molecule has 0 aromatic rings. The van der Waals surface area contributed by atoms with Crippen molar-refractivity contribution in [3.8, 4) is 0 Å². The topological polar surface area (TPSA) is 16.6 Å². The van der Waals surface area contributed by atoms with Crippen molar-refractivity contribution in [2.24, 2.45) is 5.92 Å². The Balaban J connectivity index is 2.00. The zero-order valence-corrected chi connectivity index (χ0v) is 10.3. The molecule has 0 saturated heterocycles. The summed E-state index contributed by atoms with van der Waals surface area (Å²) in [5, 5.41) is 2.63. The lowest BCUT2D eigenvalue weighted by atomic mass is 10.0. The summed E-state index contributed by atoms with van der Waals surface area (Å²) in [6.45, 7) is 7.05. The zero-order valence-electron chi connectivity index (χ0n) is 10.3. The van der Waals surface area contributed by atoms with Crippen LogP contribution in [0, 0.1) is 5.92 Å². The van der Waals surface area contributed by atoms with E-state index >= 15 is 0 Å². The molecule has 1 rings (SSSR count). The number of quaternary nitrogens is 1. The molecular formula is C13H28N+. The molecule has 0 unspecified atom stereocenters. The van der Waals surface area contributed by atoms with Crippen LogP contribution in [0.1, 0.15) is 65.7 Å². The molecule has 0 bridgehead atoms. The van der Waals surface area contributed by atoms with Gasteiger partial charge in [0.1, 0.15) is 0 Å². The Morgan fingerprint density at radius 2 is 1.71 bits per heavy atom. The van der Waals surface area contributed by atoms with Gasteiger partial charge in [0.25, 0.3) is 0 Å². The number of hydrogen-bond acceptors (Lipinski definition) is 0. The zero-order chi connectivity index (χ0) is 10.4. The Bertz CT molecular complexity index is 136. The highest BCUT2D eigenvalue weighted by molar-refractivity contribution is 4.64. The number of hydrogen-bond donors (Lipinski definition) is 1. The fourth-order valence-corrected chi connectivity index (χ4v) is 2.56. The van der Waals surface area contributed by atoms with Crippen molar-refractivity contribution < 1.29 is 5.32 Å². The van der Waals surface area contributed by atoms with Crippen LogP contribution < -0.4 is 5.32 Å². The van der Waals surface area contributed by atoms with Crippen molar-refractivity contribution >= 4 is 0 Å². The van der Waals surface area contributed by atoms with Crippen molar-refractivity contribution in [3.05, 3.63) is 0 Å². The Hall–Kier alpha value is -0.0400. The monoisotopic (exact) mass is 198 g/mol. The fourth-order valence-electron chi connectivity index (χ4n) is 2.56. The summed E-state index contributed by atoms with van der Waals surface area (Å²) in [4.78, 5) is 0. The van der Waals surface area contributed by atoms with Gasteiger partial charge >= 0.3 is 0 Å². The standard InChI is InChI=1S/C13H27N/c1-11(2)7-6-8-12(3)14-13-9-4-5-10-13/h11-14H,4-10H2,1-3H3/p+1/t12-/m1/s1. The molecule has 1 aliphatic carbocycles. The van der Waals surface area contributed by atoms with Crippen LogP contribution in [0.3, 0.4) is 0 Å². The maximum absolute atomic E-state index is 2.63. The highest BCUT2D eigenvalue weighted by Gasteiger charge is 2.19. The van der Waals surface area contributed by atoms with Gasteiger partial charge in [-0.25, -0.2) is 0 Å². The molecule has 1 atom stereocenters. The van der Waals surface area contributed by atoms with Crippen molar-refractivity contribution in [1.82, 2.24) is 0 Å². The third-order valence-electron chi connectivity index (χ3n) is 3.44. The second kappa shape index (κ2) is 6.44. The summed E-state index contributed by atoms with van der Waals surface area (Å²) in [5.74, 6) is 0.883. The summed E-state index contributed by atoms with van der Waals surface area (Å²) in [6.07, 6.45) is 10.1. The molecule has 0 aromatic carbocycles. The highest BCUT2D eigenvalue weighted by Crippen LogP contribution is 2.15. The van der Waals surface area contributed by atoms with E-state index < -0.39 is 0 Å². The van der Waals surface area contributed by atoms with E-state index in [-0.39, 0.29) is 0 Å². The first-order valence-electron chi connectivity index (χ1n) is 6.53. The number of rotatable bonds is 6. The molecule has 0 spiro atoms. The summed E-state index contributed by atoms with van der Waals surface area (Å²) in [7, 11) is 0. The van der Waals surface area contributed by atoms with Gasteiger partial charge in [0.15, 0.2) is 0 Å². The van der Waals surface area contributed by atoms with Crippen LogP contribution in [0.25, 0.3) is 0 Å². The third kappa shape index (κ3) is 4.99. The largest absolute Gasteiger partial charge is 0.342 e. The van der Waals surface area contributed by atoms with Crippen LogP contribution in [0.15, 0.2) is 0 Å². The lowest BCUT2D eigenvalue weighted by Gasteiger charge is -2.16. The average Bonchev–Trinajstić information content (AvgIpc) is 2.56. The van der Waals surface area contributed by atoms with Crippen molar-refractivity contribution in [2.75, 3.05) is 0 Å². The van der Waals surface area contributed by atoms with Gasteiger partial charge in [-0.3, -0.25) is 0 Å². The van der Waals surface area contributed by atoms with Crippen LogP contribution in [-0.4, -0.2) is 12.1 Å². The van der Waals surface area contributed by atoms with Gasteiger partial charge in [-0.1, -0.05) is 20.3 Å². The second-order valence-electron chi connectivity index (χ2n) is 5.54. The lowest BCUT2D eigenvalue weighted by molar-refractivity contribution is -0.717. The van der Waals surface area contributed by atoms with Crippen LogP contribution in [0.2, 0.25) is 0 Å². The van der Waals surface area contributed by atoms with Gasteiger partial charge in [-0.15, -0.1) is 0 Å². The van der Waals surface area contributed by atoms with Crippen LogP contribution >= 0.6 is 0 Å². The van der Waals surface area contributed by atoms with Gasteiger partial charge in [0.05, 0.1) is 12.1 Å². The van der Waals surface area contributed by atoms with E-state index in [0.29, 0.717) is 0 Å². The van der Waals surface area contributed by atoms with E-state index in [4.69, 9.17) is 0 Å². The quantitative estimate of drug-likeness (QED) is 0.676. The molecule has 1 nitrogen and oxygen atoms in total. The molecule has 1 fully saturated rings. The average molecular weight is 198 g/mol. The normalized spacial score (nSPS) is 20.6. The second-order valence-corrected chi connectivity index (χ2v) is 5.54. The molecule has 0 amide bonds. The predicted octanol–water partition coefficient (Wildman–Crippen LogP) is 2.71. The summed E-state index contributed by atoms with van der Waals surface area (Å²) in [6, 6.07) is 1.82. The Morgan fingerprint density at radius 3 is 2.29 bits per heavy atom. The van der Waals surface area contributed by atoms with Gasteiger partial charge in [0.2, 0.25) is 0 Å². The van der Waals surface area contributed by atoms with E-state index in [2.05, 4.69) is 26.1 Å². The first-order valence-corrected chi connectivity index (χ1v) is 6.53. The van der Waals surface area contributed by atoms with E-state index in [0.717, 1.165) is 18.0 Å². The smallest absolute Gasteiger partial charge is 0.0861 e. The molecule has 1 aliphatic rings. The Morgan fingerprint density at radius 1 is 1.07 bits per heavy atom. The molecule has 1 heteroatoms. The predicted molar refractivity (Wildman–Crippen MR) is 62.3 cm³/mol.